The molecule has 3 unspecified atom stereocenters. The maximum Gasteiger partial charge on any atom is 0.177 e. The van der Waals surface area contributed by atoms with Crippen molar-refractivity contribution < 1.29 is 24.1 Å². The van der Waals surface area contributed by atoms with Crippen LogP contribution >= 0.6 is 0 Å². The van der Waals surface area contributed by atoms with E-state index in [-0.39, 0.29) is 6.10 Å². The van der Waals surface area contributed by atoms with Crippen molar-refractivity contribution in [3.8, 4) is 28.4 Å². The van der Waals surface area contributed by atoms with Gasteiger partial charge >= 0.3 is 0 Å². The Labute approximate surface area is 259 Å². The van der Waals surface area contributed by atoms with Crippen LogP contribution in [0.25, 0.3) is 28.0 Å². The molecule has 1 aliphatic heterocycles. The van der Waals surface area contributed by atoms with Crippen LogP contribution in [-0.4, -0.2) is 32.5 Å². The van der Waals surface area contributed by atoms with E-state index in [0.717, 1.165) is 74.7 Å². The second-order valence-electron chi connectivity index (χ2n) is 11.8. The van der Waals surface area contributed by atoms with Crippen molar-refractivity contribution in [3.63, 3.8) is 0 Å². The van der Waals surface area contributed by atoms with Gasteiger partial charge in [0.1, 0.15) is 11.4 Å². The summed E-state index contributed by atoms with van der Waals surface area (Å²) in [6.45, 7) is 2.16. The smallest absolute Gasteiger partial charge is 0.177 e. The number of ether oxygens (including phenoxy) is 4. The van der Waals surface area contributed by atoms with E-state index in [1.165, 1.54) is 0 Å². The largest absolute Gasteiger partial charge is 0.493 e. The lowest BCUT2D eigenvalue weighted by molar-refractivity contribution is 0.0721. The maximum absolute atomic E-state index is 12.7. The van der Waals surface area contributed by atoms with Gasteiger partial charge in [0.05, 0.1) is 20.3 Å². The van der Waals surface area contributed by atoms with Crippen molar-refractivity contribution in [3.05, 3.63) is 119 Å². The third-order valence-corrected chi connectivity index (χ3v) is 9.49. The molecule has 224 valence electrons. The highest BCUT2D eigenvalue weighted by Crippen LogP contribution is 2.59. The van der Waals surface area contributed by atoms with Crippen LogP contribution in [0.15, 0.2) is 96.6 Å². The lowest BCUT2D eigenvalue weighted by Crippen LogP contribution is -2.36. The molecule has 0 saturated carbocycles. The fraction of sp³-hybridized carbons (Fsp3) is 0.282. The Bertz CT molecular complexity index is 1840. The number of hydrogen-bond acceptors (Lipinski definition) is 5. The topological polar surface area (TPSA) is 57.2 Å². The zero-order valence-electron chi connectivity index (χ0n) is 25.7. The summed E-state index contributed by atoms with van der Waals surface area (Å²) in [5.74, 6) is 1.97. The molecule has 0 bridgehead atoms. The van der Waals surface area contributed by atoms with Gasteiger partial charge in [-0.2, -0.15) is 0 Å². The number of benzene rings is 4. The molecular weight excluding hydrogens is 548 g/mol. The highest BCUT2D eigenvalue weighted by atomic mass is 16.5. The van der Waals surface area contributed by atoms with Crippen LogP contribution in [-0.2, 0) is 15.9 Å². The average molecular weight is 587 g/mol. The second-order valence-corrected chi connectivity index (χ2v) is 11.8. The standard InChI is InChI=1S/C39H38O5/c1-5-6-21-38(40)32-15-11-10-14-28(32)35-30-23-33(42-3)34(43-4)24-31(30)37-29(36(35)38)20-22-39(44-37,25-12-8-7-9-13-25)26-16-18-27(41-2)19-17-26/h7-18,20,22-24,27,40H,5-6,19,21H2,1-4H3. The minimum atomic E-state index is -1.16. The van der Waals surface area contributed by atoms with E-state index in [4.69, 9.17) is 18.9 Å². The SMILES string of the molecule is CCCCC1(O)c2ccccc2-c2c1c1c(c3cc(OC)c(OC)cc23)OC(C2=CCC(OC)C=C2)(c2ccccc2)C=C1. The van der Waals surface area contributed by atoms with Gasteiger partial charge in [0.25, 0.3) is 0 Å². The van der Waals surface area contributed by atoms with Gasteiger partial charge in [-0.25, -0.2) is 0 Å². The number of aliphatic hydroxyl groups is 1. The Morgan fingerprint density at radius 1 is 0.909 bits per heavy atom. The number of fused-ring (bicyclic) bond motifs is 8. The van der Waals surface area contributed by atoms with Crippen molar-refractivity contribution in [1.82, 2.24) is 0 Å². The van der Waals surface area contributed by atoms with E-state index >= 15 is 0 Å². The molecule has 2 aliphatic carbocycles. The van der Waals surface area contributed by atoms with E-state index in [9.17, 15) is 5.11 Å². The van der Waals surface area contributed by atoms with E-state index < -0.39 is 11.2 Å². The van der Waals surface area contributed by atoms with Crippen LogP contribution in [0.2, 0.25) is 0 Å². The molecule has 1 heterocycles. The van der Waals surface area contributed by atoms with Gasteiger partial charge in [-0.05, 0) is 58.7 Å². The van der Waals surface area contributed by atoms with Gasteiger partial charge < -0.3 is 24.1 Å². The first-order valence-electron chi connectivity index (χ1n) is 15.4. The summed E-state index contributed by atoms with van der Waals surface area (Å²) in [5, 5.41) is 14.6. The molecule has 0 fully saturated rings. The Balaban J connectivity index is 1.56. The molecule has 44 heavy (non-hydrogen) atoms. The van der Waals surface area contributed by atoms with E-state index in [1.54, 1.807) is 21.3 Å². The first kappa shape index (κ1) is 28.5. The fourth-order valence-electron chi connectivity index (χ4n) is 7.28. The number of unbranched alkanes of at least 4 members (excludes halogenated alkanes) is 1. The molecule has 7 rings (SSSR count). The molecule has 0 spiro atoms. The van der Waals surface area contributed by atoms with Crippen LogP contribution in [0.1, 0.15) is 54.9 Å². The van der Waals surface area contributed by atoms with Crippen LogP contribution in [0, 0.1) is 0 Å². The highest BCUT2D eigenvalue weighted by molar-refractivity contribution is 6.09. The summed E-state index contributed by atoms with van der Waals surface area (Å²) in [4.78, 5) is 0. The van der Waals surface area contributed by atoms with Crippen molar-refractivity contribution in [2.45, 2.75) is 49.9 Å². The first-order valence-corrected chi connectivity index (χ1v) is 15.4. The predicted octanol–water partition coefficient (Wildman–Crippen LogP) is 8.47. The molecule has 0 aromatic heterocycles. The minimum absolute atomic E-state index is 0.0272. The summed E-state index contributed by atoms with van der Waals surface area (Å²) < 4.78 is 24.6. The van der Waals surface area contributed by atoms with Gasteiger partial charge in [0.15, 0.2) is 17.1 Å². The Morgan fingerprint density at radius 3 is 2.32 bits per heavy atom. The number of hydrogen-bond donors (Lipinski definition) is 1. The molecule has 1 N–H and O–H groups in total. The van der Waals surface area contributed by atoms with E-state index in [1.807, 2.05) is 42.5 Å². The number of methoxy groups -OCH3 is 3. The molecule has 0 amide bonds. The normalized spacial score (nSPS) is 23.0. The van der Waals surface area contributed by atoms with Crippen molar-refractivity contribution in [2.75, 3.05) is 21.3 Å². The molecule has 4 aromatic rings. The monoisotopic (exact) mass is 586 g/mol. The third-order valence-electron chi connectivity index (χ3n) is 9.49. The van der Waals surface area contributed by atoms with Gasteiger partial charge in [-0.3, -0.25) is 0 Å². The second kappa shape index (κ2) is 11.0. The summed E-state index contributed by atoms with van der Waals surface area (Å²) >= 11 is 0. The molecule has 3 atom stereocenters. The number of rotatable bonds is 8. The molecule has 0 saturated heterocycles. The Morgan fingerprint density at radius 2 is 1.64 bits per heavy atom. The van der Waals surface area contributed by atoms with Crippen LogP contribution in [0.5, 0.6) is 17.2 Å². The quantitative estimate of drug-likeness (QED) is 0.224. The van der Waals surface area contributed by atoms with Gasteiger partial charge in [-0.1, -0.05) is 98.7 Å². The van der Waals surface area contributed by atoms with Crippen molar-refractivity contribution in [1.29, 1.82) is 0 Å². The van der Waals surface area contributed by atoms with Crippen LogP contribution < -0.4 is 14.2 Å². The van der Waals surface area contributed by atoms with Crippen LogP contribution in [0.3, 0.4) is 0 Å². The lowest BCUT2D eigenvalue weighted by Gasteiger charge is -2.40. The molecule has 4 aromatic carbocycles. The summed E-state index contributed by atoms with van der Waals surface area (Å²) in [6.07, 6.45) is 14.0. The zero-order chi connectivity index (χ0) is 30.5. The Hall–Kier alpha value is -4.32. The predicted molar refractivity (Wildman–Crippen MR) is 175 cm³/mol. The molecule has 0 radical (unpaired) electrons. The van der Waals surface area contributed by atoms with Crippen molar-refractivity contribution in [2.24, 2.45) is 0 Å². The molecule has 5 nitrogen and oxygen atoms in total. The fourth-order valence-corrected chi connectivity index (χ4v) is 7.28. The Kier molecular flexibility index (Phi) is 7.11. The maximum atomic E-state index is 12.7. The average Bonchev–Trinajstić information content (AvgIpc) is 3.35. The molecular formula is C39H38O5. The highest BCUT2D eigenvalue weighted by Gasteiger charge is 2.47. The summed E-state index contributed by atoms with van der Waals surface area (Å²) in [5.41, 5.74) is 4.80. The third kappa shape index (κ3) is 4.14. The minimum Gasteiger partial charge on any atom is -0.493 e. The van der Waals surface area contributed by atoms with Crippen molar-refractivity contribution >= 4 is 16.8 Å². The first-order chi connectivity index (χ1) is 21.5. The summed E-state index contributed by atoms with van der Waals surface area (Å²) in [7, 11) is 5.05. The molecule has 3 aliphatic rings. The zero-order valence-corrected chi connectivity index (χ0v) is 25.7. The molecule has 5 heteroatoms. The van der Waals surface area contributed by atoms with Gasteiger partial charge in [0.2, 0.25) is 0 Å². The van der Waals surface area contributed by atoms with Crippen LogP contribution in [0.4, 0.5) is 0 Å². The lowest BCUT2D eigenvalue weighted by atomic mass is 9.78. The van der Waals surface area contributed by atoms with Gasteiger partial charge in [-0.15, -0.1) is 0 Å². The van der Waals surface area contributed by atoms with E-state index in [0.29, 0.717) is 17.9 Å². The summed E-state index contributed by atoms with van der Waals surface area (Å²) in [6, 6.07) is 22.6. The van der Waals surface area contributed by atoms with E-state index in [2.05, 4.69) is 61.6 Å². The van der Waals surface area contributed by atoms with Gasteiger partial charge in [0, 0.05) is 29.2 Å².